The third-order valence-electron chi connectivity index (χ3n) is 12.8. The molecule has 4 aliphatic rings. The summed E-state index contributed by atoms with van der Waals surface area (Å²) >= 11 is 0. The number of halogens is 2. The number of carbonyl (C=O) groups excluding carboxylic acids is 1. The second kappa shape index (κ2) is 16.3. The standard InChI is InChI=1S/C46H53F2N9O2/c1-31-27-57(41-12-10-35(25-38(31)41)56-19-5-17-50-30-56)34-13-20-53(21-14-34)29-46(48)15-22-54(23-16-46)45(59)32-9-11-36(39(47)24-32)33-6-4-18-55(28-33)42-26-40(51-52-44(42)49)37-7-2-3-8-43(37)58/h2-3,5,7-12,19,24-27,33-34,50,58H,4,6,13-18,20-23,28-30H2,1H3,(H2,49,52)/i17D,30D/t17?,30-,33?/m1/s1. The van der Waals surface area contributed by atoms with Gasteiger partial charge in [-0.15, -0.1) is 10.2 Å². The van der Waals surface area contributed by atoms with E-state index in [1.54, 1.807) is 47.5 Å². The van der Waals surface area contributed by atoms with Gasteiger partial charge in [-0.05, 0) is 92.3 Å². The monoisotopic (exact) mass is 803 g/mol. The number of fused-ring (bicyclic) bond motifs is 1. The Balaban J connectivity index is 0.782. The van der Waals surface area contributed by atoms with Crippen LogP contribution in [0.5, 0.6) is 5.75 Å². The van der Waals surface area contributed by atoms with Gasteiger partial charge in [0.2, 0.25) is 0 Å². The number of aromatic hydroxyl groups is 1. The number of aromatic nitrogens is 3. The summed E-state index contributed by atoms with van der Waals surface area (Å²) in [5, 5.41) is 22.8. The number of amides is 1. The third-order valence-corrected chi connectivity index (χ3v) is 12.8. The van der Waals surface area contributed by atoms with Crippen molar-refractivity contribution >= 4 is 34.0 Å². The third kappa shape index (κ3) is 7.97. The lowest BCUT2D eigenvalue weighted by Crippen LogP contribution is -2.51. The highest BCUT2D eigenvalue weighted by Crippen LogP contribution is 2.38. The number of alkyl halides is 1. The molecule has 1 amide bonds. The van der Waals surface area contributed by atoms with Crippen LogP contribution in [-0.2, 0) is 0 Å². The van der Waals surface area contributed by atoms with Crippen molar-refractivity contribution in [1.82, 2.24) is 29.9 Å². The summed E-state index contributed by atoms with van der Waals surface area (Å²) in [6.07, 6.45) is 9.60. The number of hydrogen-bond donors (Lipinski definition) is 3. The first-order valence-corrected chi connectivity index (χ1v) is 20.8. The predicted molar refractivity (Wildman–Crippen MR) is 229 cm³/mol. The minimum Gasteiger partial charge on any atom is -0.507 e. The number of nitrogens with one attached hydrogen (secondary N) is 1. The summed E-state index contributed by atoms with van der Waals surface area (Å²) in [7, 11) is 0. The molecule has 3 aromatic carbocycles. The van der Waals surface area contributed by atoms with E-state index in [9.17, 15) is 9.90 Å². The smallest absolute Gasteiger partial charge is 0.253 e. The molecule has 0 spiro atoms. The average molecular weight is 804 g/mol. The number of anilines is 3. The van der Waals surface area contributed by atoms with Crippen molar-refractivity contribution in [2.45, 2.75) is 63.1 Å². The molecular weight excluding hydrogens is 749 g/mol. The minimum absolute atomic E-state index is 0.0923. The maximum Gasteiger partial charge on any atom is 0.253 e. The van der Waals surface area contributed by atoms with E-state index in [0.29, 0.717) is 48.2 Å². The number of phenolic OH excluding ortho intramolecular Hbond substituents is 1. The Kier molecular flexibility index (Phi) is 10.1. The van der Waals surface area contributed by atoms with E-state index in [-0.39, 0.29) is 54.9 Å². The molecule has 11 nitrogen and oxygen atoms in total. The van der Waals surface area contributed by atoms with Crippen LogP contribution < -0.4 is 20.9 Å². The van der Waals surface area contributed by atoms with Crippen LogP contribution in [-0.4, -0.2) is 100 Å². The molecule has 0 saturated carbocycles. The van der Waals surface area contributed by atoms with Crippen molar-refractivity contribution < 1.29 is 21.4 Å². The van der Waals surface area contributed by atoms with Gasteiger partial charge in [0.25, 0.3) is 5.91 Å². The number of nitrogens with two attached hydrogens (primary N) is 1. The number of benzene rings is 3. The highest BCUT2D eigenvalue weighted by Gasteiger charge is 2.39. The van der Waals surface area contributed by atoms with Gasteiger partial charge in [0.15, 0.2) is 5.82 Å². The Morgan fingerprint density at radius 1 is 1.02 bits per heavy atom. The van der Waals surface area contributed by atoms with Crippen molar-refractivity contribution in [3.05, 3.63) is 108 Å². The normalized spacial score (nSPS) is 23.4. The molecule has 4 aliphatic heterocycles. The van der Waals surface area contributed by atoms with Crippen molar-refractivity contribution in [1.29, 1.82) is 0 Å². The number of likely N-dealkylation sites (tertiary alicyclic amines) is 2. The summed E-state index contributed by atoms with van der Waals surface area (Å²) in [6, 6.07) is 20.0. The topological polar surface area (TPSA) is 119 Å². The van der Waals surface area contributed by atoms with E-state index in [1.165, 1.54) is 11.6 Å². The number of nitrogens with zero attached hydrogens (tertiary/aromatic N) is 7. The van der Waals surface area contributed by atoms with Crippen LogP contribution in [0.25, 0.3) is 22.2 Å². The zero-order chi connectivity index (χ0) is 42.4. The number of phenols is 1. The van der Waals surface area contributed by atoms with Crippen LogP contribution in [0.3, 0.4) is 0 Å². The number of carbonyl (C=O) groups is 1. The lowest BCUT2D eigenvalue weighted by molar-refractivity contribution is 0.0158. The second-order valence-electron chi connectivity index (χ2n) is 16.6. The molecule has 9 rings (SSSR count). The summed E-state index contributed by atoms with van der Waals surface area (Å²) in [6.45, 7) is 4.47. The predicted octanol–water partition coefficient (Wildman–Crippen LogP) is 7.38. The molecule has 6 heterocycles. The number of para-hydroxylation sites is 1. The number of nitrogen functional groups attached to an aromatic ring is 1. The van der Waals surface area contributed by atoms with Gasteiger partial charge < -0.3 is 35.0 Å². The van der Waals surface area contributed by atoms with Crippen LogP contribution in [0.15, 0.2) is 85.2 Å². The first-order valence-electron chi connectivity index (χ1n) is 21.9. The van der Waals surface area contributed by atoms with E-state index in [4.69, 9.17) is 8.48 Å². The molecular formula is C46H53F2N9O2. The Hall–Kier alpha value is -5.53. The summed E-state index contributed by atoms with van der Waals surface area (Å²) in [5.41, 5.74) is 10.6. The fourth-order valence-corrected chi connectivity index (χ4v) is 9.51. The van der Waals surface area contributed by atoms with Gasteiger partial charge in [0.05, 0.1) is 19.4 Å². The molecule has 13 heteroatoms. The fourth-order valence-electron chi connectivity index (χ4n) is 9.51. The molecule has 5 aromatic rings. The molecule has 59 heavy (non-hydrogen) atoms. The van der Waals surface area contributed by atoms with Crippen molar-refractivity contribution in [2.24, 2.45) is 0 Å². The Labute approximate surface area is 346 Å². The largest absolute Gasteiger partial charge is 0.507 e. The molecule has 2 aromatic heterocycles. The van der Waals surface area contributed by atoms with Crippen molar-refractivity contribution in [3.63, 3.8) is 0 Å². The van der Waals surface area contributed by atoms with Crippen LogP contribution in [0.1, 0.15) is 74.7 Å². The molecule has 4 N–H and O–H groups in total. The zero-order valence-corrected chi connectivity index (χ0v) is 33.4. The van der Waals surface area contributed by atoms with Crippen LogP contribution in [0.4, 0.5) is 26.0 Å². The molecule has 308 valence electrons. The number of hydrogen-bond acceptors (Lipinski definition) is 9. The molecule has 3 saturated heterocycles. The molecule has 0 bridgehead atoms. The van der Waals surface area contributed by atoms with Gasteiger partial charge in [-0.2, -0.15) is 0 Å². The van der Waals surface area contributed by atoms with Gasteiger partial charge in [-0.1, -0.05) is 24.3 Å². The van der Waals surface area contributed by atoms with E-state index < -0.39 is 24.7 Å². The highest BCUT2D eigenvalue weighted by atomic mass is 19.1. The quantitative estimate of drug-likeness (QED) is 0.148. The van der Waals surface area contributed by atoms with Crippen molar-refractivity contribution in [3.8, 4) is 17.0 Å². The SMILES string of the molecule is [2H]C1C=CN(c2ccc3c(c2)c(C)cn3C2CCN(CC3(F)CCN(C(=O)c4ccc(C5CCCN(c6cc(-c7ccccc7O)nnc6N)C5)c(F)c4)CC3)CC2)[C@H]([2H])N1. The fraction of sp³-hybridized carbons (Fsp3) is 0.413. The van der Waals surface area contributed by atoms with Crippen LogP contribution in [0, 0.1) is 12.7 Å². The lowest BCUT2D eigenvalue weighted by Gasteiger charge is -2.41. The highest BCUT2D eigenvalue weighted by molar-refractivity contribution is 5.94. The van der Waals surface area contributed by atoms with E-state index >= 15 is 8.78 Å². The average Bonchev–Trinajstić information content (AvgIpc) is 3.59. The maximum absolute atomic E-state index is 16.4. The van der Waals surface area contributed by atoms with Gasteiger partial charge in [-0.3, -0.25) is 10.1 Å². The molecule has 0 radical (unpaired) electrons. The Bertz CT molecular complexity index is 2450. The number of aryl methyl sites for hydroxylation is 1. The second-order valence-corrected chi connectivity index (χ2v) is 16.6. The first kappa shape index (κ1) is 36.5. The van der Waals surface area contributed by atoms with Gasteiger partial charge in [-0.25, -0.2) is 8.78 Å². The molecule has 2 unspecified atom stereocenters. The number of piperidine rings is 3. The molecule has 3 fully saturated rings. The zero-order valence-electron chi connectivity index (χ0n) is 35.4. The first-order chi connectivity index (χ1) is 29.4. The lowest BCUT2D eigenvalue weighted by atomic mass is 9.89. The van der Waals surface area contributed by atoms with Gasteiger partial charge in [0, 0.05) is 119 Å². The maximum atomic E-state index is 16.4. The van der Waals surface area contributed by atoms with Crippen LogP contribution >= 0.6 is 0 Å². The Morgan fingerprint density at radius 3 is 2.61 bits per heavy atom. The van der Waals surface area contributed by atoms with E-state index in [0.717, 1.165) is 55.4 Å². The summed E-state index contributed by atoms with van der Waals surface area (Å²) in [5.74, 6) is -0.495. The molecule has 3 atom stereocenters. The van der Waals surface area contributed by atoms with Crippen molar-refractivity contribution in [2.75, 3.05) is 74.5 Å². The van der Waals surface area contributed by atoms with Gasteiger partial charge in [0.1, 0.15) is 17.2 Å². The van der Waals surface area contributed by atoms with Gasteiger partial charge >= 0.3 is 0 Å². The minimum atomic E-state index is -1.40. The Morgan fingerprint density at radius 2 is 1.83 bits per heavy atom. The number of rotatable bonds is 8. The van der Waals surface area contributed by atoms with E-state index in [2.05, 4.69) is 55.1 Å². The summed E-state index contributed by atoms with van der Waals surface area (Å²) < 4.78 is 50.8. The molecule has 0 aliphatic carbocycles. The van der Waals surface area contributed by atoms with E-state index in [1.807, 2.05) is 23.1 Å². The summed E-state index contributed by atoms with van der Waals surface area (Å²) in [4.78, 5) is 21.4. The van der Waals surface area contributed by atoms with Crippen LogP contribution in [0.2, 0.25) is 0 Å².